The molecule has 2 atom stereocenters. The lowest BCUT2D eigenvalue weighted by Gasteiger charge is -2.27. The molecular weight excluding hydrogens is 238 g/mol. The topological polar surface area (TPSA) is 69.4 Å². The van der Waals surface area contributed by atoms with Crippen molar-refractivity contribution in [3.63, 3.8) is 0 Å². The highest BCUT2D eigenvalue weighted by Gasteiger charge is 2.21. The van der Waals surface area contributed by atoms with Crippen LogP contribution in [0.5, 0.6) is 0 Å². The third kappa shape index (κ3) is 5.48. The quantitative estimate of drug-likeness (QED) is 0.769. The van der Waals surface area contributed by atoms with Crippen LogP contribution in [0.1, 0.15) is 33.1 Å². The Labute approximate surface area is 104 Å². The molecule has 0 saturated carbocycles. The highest BCUT2D eigenvalue weighted by atomic mass is 32.2. The van der Waals surface area contributed by atoms with Gasteiger partial charge in [-0.25, -0.2) is 5.14 Å². The predicted molar refractivity (Wildman–Crippen MR) is 68.5 cm³/mol. The molecule has 17 heavy (non-hydrogen) atoms. The van der Waals surface area contributed by atoms with Gasteiger partial charge in [-0.15, -0.1) is 0 Å². The predicted octanol–water partition coefficient (Wildman–Crippen LogP) is 2.15. The maximum absolute atomic E-state index is 10.6. The van der Waals surface area contributed by atoms with E-state index in [9.17, 15) is 8.42 Å². The molecule has 2 N–H and O–H groups in total. The van der Waals surface area contributed by atoms with Crippen LogP contribution in [0.25, 0.3) is 0 Å². The van der Waals surface area contributed by atoms with E-state index in [2.05, 4.69) is 23.8 Å². The lowest BCUT2D eigenvalue weighted by Crippen LogP contribution is -2.20. The molecule has 0 aromatic carbocycles. The molecule has 0 aliphatic heterocycles. The maximum atomic E-state index is 10.6. The van der Waals surface area contributed by atoms with Crippen LogP contribution in [0.15, 0.2) is 23.8 Å². The second-order valence-corrected chi connectivity index (χ2v) is 6.08. The first-order valence-electron chi connectivity index (χ1n) is 5.78. The fraction of sp³-hybridized carbons (Fsp3) is 0.667. The van der Waals surface area contributed by atoms with Gasteiger partial charge in [-0.2, -0.15) is 8.42 Å². The normalized spacial score (nSPS) is 25.5. The van der Waals surface area contributed by atoms with E-state index in [1.165, 1.54) is 11.1 Å². The molecule has 2 unspecified atom stereocenters. The summed E-state index contributed by atoms with van der Waals surface area (Å²) in [5, 5.41) is 4.77. The van der Waals surface area contributed by atoms with Crippen LogP contribution >= 0.6 is 0 Å². The van der Waals surface area contributed by atoms with Crippen molar-refractivity contribution in [2.75, 3.05) is 6.61 Å². The summed E-state index contributed by atoms with van der Waals surface area (Å²) in [4.78, 5) is 0. The summed E-state index contributed by atoms with van der Waals surface area (Å²) in [7, 11) is -3.81. The van der Waals surface area contributed by atoms with Crippen molar-refractivity contribution in [2.24, 2.45) is 17.0 Å². The van der Waals surface area contributed by atoms with Crippen LogP contribution in [0.4, 0.5) is 0 Å². The van der Waals surface area contributed by atoms with Gasteiger partial charge in [0.15, 0.2) is 0 Å². The molecule has 5 heteroatoms. The van der Waals surface area contributed by atoms with E-state index in [-0.39, 0.29) is 6.61 Å². The molecule has 1 rings (SSSR count). The minimum absolute atomic E-state index is 0.149. The number of hydrogen-bond acceptors (Lipinski definition) is 3. The monoisotopic (exact) mass is 259 g/mol. The Hall–Kier alpha value is -0.650. The molecule has 1 aliphatic carbocycles. The van der Waals surface area contributed by atoms with Crippen molar-refractivity contribution in [3.8, 4) is 0 Å². The summed E-state index contributed by atoms with van der Waals surface area (Å²) in [5.74, 6) is 0.853. The van der Waals surface area contributed by atoms with Crippen molar-refractivity contribution in [3.05, 3.63) is 23.8 Å². The largest absolute Gasteiger partial charge is 0.333 e. The summed E-state index contributed by atoms with van der Waals surface area (Å²) in [6, 6.07) is 0. The van der Waals surface area contributed by atoms with Gasteiger partial charge < -0.3 is 0 Å². The van der Waals surface area contributed by atoms with Crippen LogP contribution in [0.3, 0.4) is 0 Å². The highest BCUT2D eigenvalue weighted by molar-refractivity contribution is 7.84. The summed E-state index contributed by atoms with van der Waals surface area (Å²) < 4.78 is 25.8. The lowest BCUT2D eigenvalue weighted by atomic mass is 9.79. The van der Waals surface area contributed by atoms with E-state index in [1.807, 2.05) is 6.92 Å². The van der Waals surface area contributed by atoms with Gasteiger partial charge in [0.1, 0.15) is 0 Å². The van der Waals surface area contributed by atoms with Gasteiger partial charge in [0, 0.05) is 0 Å². The fourth-order valence-corrected chi connectivity index (χ4v) is 2.60. The second kappa shape index (κ2) is 5.80. The zero-order chi connectivity index (χ0) is 13.1. The van der Waals surface area contributed by atoms with Gasteiger partial charge in [-0.1, -0.05) is 23.8 Å². The van der Waals surface area contributed by atoms with Crippen LogP contribution in [0.2, 0.25) is 0 Å². The van der Waals surface area contributed by atoms with Crippen molar-refractivity contribution in [1.82, 2.24) is 0 Å². The van der Waals surface area contributed by atoms with Crippen molar-refractivity contribution in [1.29, 1.82) is 0 Å². The minimum Gasteiger partial charge on any atom is -0.258 e. The van der Waals surface area contributed by atoms with E-state index >= 15 is 0 Å². The van der Waals surface area contributed by atoms with Crippen molar-refractivity contribution in [2.45, 2.75) is 33.1 Å². The molecule has 0 radical (unpaired) electrons. The molecule has 0 amide bonds. The second-order valence-electron chi connectivity index (χ2n) is 4.86. The summed E-state index contributed by atoms with van der Waals surface area (Å²) in [6.45, 7) is 8.28. The molecule has 1 aliphatic rings. The molecule has 0 fully saturated rings. The molecule has 0 bridgehead atoms. The summed E-state index contributed by atoms with van der Waals surface area (Å²) in [5.41, 5.74) is 2.53. The summed E-state index contributed by atoms with van der Waals surface area (Å²) in [6.07, 6.45) is 4.95. The van der Waals surface area contributed by atoms with Crippen LogP contribution in [-0.2, 0) is 14.5 Å². The van der Waals surface area contributed by atoms with Crippen LogP contribution < -0.4 is 5.14 Å². The van der Waals surface area contributed by atoms with E-state index in [4.69, 9.17) is 5.14 Å². The highest BCUT2D eigenvalue weighted by Crippen LogP contribution is 2.33. The molecule has 4 nitrogen and oxygen atoms in total. The van der Waals surface area contributed by atoms with Gasteiger partial charge in [-0.3, -0.25) is 4.18 Å². The third-order valence-corrected chi connectivity index (χ3v) is 3.60. The fourth-order valence-electron chi connectivity index (χ4n) is 2.27. The van der Waals surface area contributed by atoms with E-state index in [0.717, 1.165) is 12.8 Å². The zero-order valence-corrected chi connectivity index (χ0v) is 11.3. The molecule has 0 spiro atoms. The molecular formula is C12H21NO3S. The zero-order valence-electron chi connectivity index (χ0n) is 10.5. The van der Waals surface area contributed by atoms with Gasteiger partial charge >= 0.3 is 10.3 Å². The molecule has 0 heterocycles. The minimum atomic E-state index is -3.81. The van der Waals surface area contributed by atoms with Crippen molar-refractivity contribution >= 4 is 10.3 Å². The van der Waals surface area contributed by atoms with Gasteiger partial charge in [0.05, 0.1) is 6.61 Å². The Kier molecular flexibility index (Phi) is 4.91. The molecule has 0 saturated heterocycles. The maximum Gasteiger partial charge on any atom is 0.333 e. The number of nitrogens with two attached hydrogens (primary N) is 1. The smallest absolute Gasteiger partial charge is 0.258 e. The standard InChI is InChI=1S/C12H21NO3S/c1-9(2)12-7-10(3)6-11(8-12)4-5-16-17(13,14)15/h6,11-12H,1,4-5,7-8H2,2-3H3,(H2,13,14,15). The first kappa shape index (κ1) is 14.4. The van der Waals surface area contributed by atoms with E-state index < -0.39 is 10.3 Å². The van der Waals surface area contributed by atoms with Crippen LogP contribution in [0, 0.1) is 11.8 Å². The Morgan fingerprint density at radius 3 is 2.82 bits per heavy atom. The lowest BCUT2D eigenvalue weighted by molar-refractivity contribution is 0.279. The Balaban J connectivity index is 2.49. The molecule has 0 aromatic rings. The van der Waals surface area contributed by atoms with Gasteiger partial charge in [0.25, 0.3) is 0 Å². The van der Waals surface area contributed by atoms with Crippen molar-refractivity contribution < 1.29 is 12.6 Å². The average molecular weight is 259 g/mol. The average Bonchev–Trinajstić information content (AvgIpc) is 2.14. The number of allylic oxidation sites excluding steroid dienone is 3. The molecule has 0 aromatic heterocycles. The van der Waals surface area contributed by atoms with Gasteiger partial charge in [-0.05, 0) is 44.9 Å². The van der Waals surface area contributed by atoms with Gasteiger partial charge in [0.2, 0.25) is 0 Å². The Morgan fingerprint density at radius 2 is 2.29 bits per heavy atom. The number of rotatable bonds is 5. The van der Waals surface area contributed by atoms with E-state index in [1.54, 1.807) is 0 Å². The first-order valence-corrected chi connectivity index (χ1v) is 7.25. The van der Waals surface area contributed by atoms with Crippen LogP contribution in [-0.4, -0.2) is 15.0 Å². The third-order valence-electron chi connectivity index (χ3n) is 3.11. The Morgan fingerprint density at radius 1 is 1.65 bits per heavy atom. The van der Waals surface area contributed by atoms with E-state index in [0.29, 0.717) is 18.3 Å². The SMILES string of the molecule is C=C(C)C1CC(C)=CC(CCOS(N)(=O)=O)C1. The number of hydrogen-bond donors (Lipinski definition) is 1. The first-order chi connectivity index (χ1) is 7.78. The molecule has 98 valence electrons. The summed E-state index contributed by atoms with van der Waals surface area (Å²) >= 11 is 0. The Bertz CT molecular complexity index is 411.